The van der Waals surface area contributed by atoms with Crippen LogP contribution in [0.5, 0.6) is 17.2 Å². The second-order valence-electron chi connectivity index (χ2n) is 9.68. The highest BCUT2D eigenvalue weighted by atomic mass is 19.1. The molecule has 0 unspecified atom stereocenters. The summed E-state index contributed by atoms with van der Waals surface area (Å²) >= 11 is 0. The van der Waals surface area contributed by atoms with Crippen LogP contribution in [0.2, 0.25) is 0 Å². The van der Waals surface area contributed by atoms with Crippen molar-refractivity contribution in [1.82, 2.24) is 10.6 Å². The maximum Gasteiger partial charge on any atom is 0.406 e. The van der Waals surface area contributed by atoms with Crippen LogP contribution in [0.25, 0.3) is 0 Å². The van der Waals surface area contributed by atoms with E-state index >= 15 is 0 Å². The van der Waals surface area contributed by atoms with Crippen LogP contribution in [-0.4, -0.2) is 65.4 Å². The number of piperidine rings is 1. The van der Waals surface area contributed by atoms with Crippen LogP contribution in [0.15, 0.2) is 72.8 Å². The molecule has 1 saturated heterocycles. The Morgan fingerprint density at radius 2 is 1.63 bits per heavy atom. The second-order valence-corrected chi connectivity index (χ2v) is 9.68. The van der Waals surface area contributed by atoms with E-state index < -0.39 is 6.09 Å². The van der Waals surface area contributed by atoms with Gasteiger partial charge < -0.3 is 34.3 Å². The molecule has 3 aromatic carbocycles. The number of hydrogen-bond acceptors (Lipinski definition) is 7. The highest BCUT2D eigenvalue weighted by Gasteiger charge is 2.27. The molecule has 1 heterocycles. The summed E-state index contributed by atoms with van der Waals surface area (Å²) in [6, 6.07) is 22.4. The van der Waals surface area contributed by atoms with Gasteiger partial charge in [0.15, 0.2) is 11.6 Å². The Bertz CT molecular complexity index is 1210. The summed E-state index contributed by atoms with van der Waals surface area (Å²) in [4.78, 5) is 11.3. The number of methoxy groups -OCH3 is 1. The molecule has 0 spiro atoms. The largest absolute Gasteiger partial charge is 0.493 e. The van der Waals surface area contributed by atoms with Gasteiger partial charge >= 0.3 is 6.09 Å². The van der Waals surface area contributed by atoms with E-state index in [1.165, 1.54) is 18.7 Å². The Morgan fingerprint density at radius 3 is 2.44 bits per heavy atom. The lowest BCUT2D eigenvalue weighted by atomic mass is 9.88. The van der Waals surface area contributed by atoms with Gasteiger partial charge in [-0.05, 0) is 60.8 Å². The summed E-state index contributed by atoms with van der Waals surface area (Å²) in [6.45, 7) is 3.94. The molecule has 8 nitrogen and oxygen atoms in total. The Morgan fingerprint density at radius 1 is 0.902 bits per heavy atom. The molecule has 3 aromatic rings. The summed E-state index contributed by atoms with van der Waals surface area (Å²) in [5.74, 6) is 1.76. The molecule has 0 aromatic heterocycles. The molecule has 9 heteroatoms. The van der Waals surface area contributed by atoms with Gasteiger partial charge in [-0.15, -0.1) is 0 Å². The SMILES string of the molecule is COC(=O)NCCc1ccccc1OCCO[C@H]1CNCC[C@@H]1c1ccc(OCCCOc2ccccc2F)cc1. The first-order valence-electron chi connectivity index (χ1n) is 14.1. The number of para-hydroxylation sites is 2. The fourth-order valence-corrected chi connectivity index (χ4v) is 4.76. The predicted octanol–water partition coefficient (Wildman–Crippen LogP) is 5.11. The highest BCUT2D eigenvalue weighted by molar-refractivity contribution is 5.66. The number of halogens is 1. The first-order chi connectivity index (χ1) is 20.1. The predicted molar refractivity (Wildman–Crippen MR) is 154 cm³/mol. The van der Waals surface area contributed by atoms with Gasteiger partial charge in [-0.2, -0.15) is 0 Å². The fourth-order valence-electron chi connectivity index (χ4n) is 4.76. The van der Waals surface area contributed by atoms with Crippen LogP contribution in [0.1, 0.15) is 29.9 Å². The fraction of sp³-hybridized carbons (Fsp3) is 0.406. The van der Waals surface area contributed by atoms with E-state index in [1.54, 1.807) is 18.2 Å². The summed E-state index contributed by atoms with van der Waals surface area (Å²) in [6.07, 6.45) is 1.86. The van der Waals surface area contributed by atoms with Crippen molar-refractivity contribution in [3.05, 3.63) is 89.7 Å². The number of carbonyl (C=O) groups excluding carboxylic acids is 1. The Labute approximate surface area is 241 Å². The van der Waals surface area contributed by atoms with Crippen LogP contribution in [-0.2, 0) is 15.9 Å². The van der Waals surface area contributed by atoms with Gasteiger partial charge in [-0.25, -0.2) is 9.18 Å². The highest BCUT2D eigenvalue weighted by Crippen LogP contribution is 2.29. The van der Waals surface area contributed by atoms with Gasteiger partial charge in [0.05, 0.1) is 33.0 Å². The number of alkyl carbamates (subject to hydrolysis) is 1. The smallest absolute Gasteiger partial charge is 0.406 e. The number of nitrogens with one attached hydrogen (secondary N) is 2. The lowest BCUT2D eigenvalue weighted by Gasteiger charge is -2.32. The Hall–Kier alpha value is -3.82. The van der Waals surface area contributed by atoms with Crippen molar-refractivity contribution >= 4 is 6.09 Å². The van der Waals surface area contributed by atoms with Crippen LogP contribution in [0.3, 0.4) is 0 Å². The molecule has 2 atom stereocenters. The molecule has 4 rings (SSSR count). The topological polar surface area (TPSA) is 87.3 Å². The third-order valence-electron chi connectivity index (χ3n) is 6.88. The minimum atomic E-state index is -0.446. The van der Waals surface area contributed by atoms with E-state index in [1.807, 2.05) is 36.4 Å². The van der Waals surface area contributed by atoms with E-state index in [-0.39, 0.29) is 23.6 Å². The standard InChI is InChI=1S/C32H39FN2O6/c1-37-32(36)35-18-15-25-7-2-4-9-29(25)40-21-22-41-31-23-34-17-16-27(31)24-11-13-26(14-12-24)38-19-6-20-39-30-10-5-3-8-28(30)33/h2-5,7-14,27,31,34H,6,15-23H2,1H3,(H,35,36)/t27-,31+/m1/s1. The second kappa shape index (κ2) is 16.4. The zero-order valence-corrected chi connectivity index (χ0v) is 23.5. The Kier molecular flexibility index (Phi) is 12.1. The van der Waals surface area contributed by atoms with Gasteiger partial charge in [0.1, 0.15) is 18.1 Å². The lowest BCUT2D eigenvalue weighted by molar-refractivity contribution is 0.00721. The lowest BCUT2D eigenvalue weighted by Crippen LogP contribution is -2.41. The van der Waals surface area contributed by atoms with E-state index in [2.05, 4.69) is 27.5 Å². The third kappa shape index (κ3) is 9.65. The van der Waals surface area contributed by atoms with Crippen LogP contribution in [0.4, 0.5) is 9.18 Å². The Balaban J connectivity index is 1.19. The van der Waals surface area contributed by atoms with E-state index in [9.17, 15) is 9.18 Å². The van der Waals surface area contributed by atoms with Crippen molar-refractivity contribution in [2.24, 2.45) is 0 Å². The van der Waals surface area contributed by atoms with Crippen molar-refractivity contribution in [3.8, 4) is 17.2 Å². The average molecular weight is 567 g/mol. The number of rotatable bonds is 15. The maximum atomic E-state index is 13.6. The van der Waals surface area contributed by atoms with Gasteiger partial charge in [0.25, 0.3) is 0 Å². The minimum Gasteiger partial charge on any atom is -0.493 e. The quantitative estimate of drug-likeness (QED) is 0.247. The van der Waals surface area contributed by atoms with Gasteiger partial charge in [0.2, 0.25) is 0 Å². The van der Waals surface area contributed by atoms with Crippen molar-refractivity contribution in [2.75, 3.05) is 53.2 Å². The van der Waals surface area contributed by atoms with Gasteiger partial charge in [-0.3, -0.25) is 0 Å². The minimum absolute atomic E-state index is 0.0362. The van der Waals surface area contributed by atoms with Crippen LogP contribution < -0.4 is 24.8 Å². The molecule has 1 aliphatic rings. The molecule has 2 N–H and O–H groups in total. The van der Waals surface area contributed by atoms with E-state index in [4.69, 9.17) is 18.9 Å². The normalized spacial score (nSPS) is 16.5. The summed E-state index contributed by atoms with van der Waals surface area (Å²) in [5, 5.41) is 6.13. The maximum absolute atomic E-state index is 13.6. The summed E-state index contributed by atoms with van der Waals surface area (Å²) < 4.78 is 41.9. The molecular weight excluding hydrogens is 527 g/mol. The van der Waals surface area contributed by atoms with E-state index in [0.717, 1.165) is 36.6 Å². The number of benzene rings is 3. The molecule has 41 heavy (non-hydrogen) atoms. The number of amides is 1. The monoisotopic (exact) mass is 566 g/mol. The molecule has 220 valence electrons. The molecule has 1 fully saturated rings. The summed E-state index contributed by atoms with van der Waals surface area (Å²) in [7, 11) is 1.35. The van der Waals surface area contributed by atoms with Crippen LogP contribution >= 0.6 is 0 Å². The van der Waals surface area contributed by atoms with Crippen molar-refractivity contribution < 1.29 is 32.9 Å². The molecule has 1 aliphatic heterocycles. The third-order valence-corrected chi connectivity index (χ3v) is 6.88. The van der Waals surface area contributed by atoms with Crippen molar-refractivity contribution in [2.45, 2.75) is 31.3 Å². The average Bonchev–Trinajstić information content (AvgIpc) is 3.01. The summed E-state index contributed by atoms with van der Waals surface area (Å²) in [5.41, 5.74) is 2.23. The molecule has 0 bridgehead atoms. The van der Waals surface area contributed by atoms with Crippen molar-refractivity contribution in [3.63, 3.8) is 0 Å². The van der Waals surface area contributed by atoms with Gasteiger partial charge in [-0.1, -0.05) is 42.5 Å². The van der Waals surface area contributed by atoms with Crippen molar-refractivity contribution in [1.29, 1.82) is 0 Å². The molecule has 1 amide bonds. The molecular formula is C32H39FN2O6. The zero-order chi connectivity index (χ0) is 28.7. The molecule has 0 aliphatic carbocycles. The zero-order valence-electron chi connectivity index (χ0n) is 23.5. The number of ether oxygens (including phenoxy) is 5. The van der Waals surface area contributed by atoms with E-state index in [0.29, 0.717) is 45.8 Å². The molecule has 0 saturated carbocycles. The first kappa shape index (κ1) is 30.1. The first-order valence-corrected chi connectivity index (χ1v) is 14.1. The number of hydrogen-bond donors (Lipinski definition) is 2. The molecule has 0 radical (unpaired) electrons. The number of carbonyl (C=O) groups is 1. The van der Waals surface area contributed by atoms with Gasteiger partial charge in [0, 0.05) is 25.4 Å². The van der Waals surface area contributed by atoms with Crippen LogP contribution in [0, 0.1) is 5.82 Å².